The van der Waals surface area contributed by atoms with Gasteiger partial charge in [0, 0.05) is 18.8 Å². The zero-order valence-corrected chi connectivity index (χ0v) is 19.6. The summed E-state index contributed by atoms with van der Waals surface area (Å²) >= 11 is 6.85. The van der Waals surface area contributed by atoms with E-state index in [2.05, 4.69) is 10.6 Å². The fourth-order valence-electron chi connectivity index (χ4n) is 3.29. The molecule has 3 amide bonds. The van der Waals surface area contributed by atoms with Crippen LogP contribution in [0.25, 0.3) is 0 Å². The van der Waals surface area contributed by atoms with Gasteiger partial charge in [0.15, 0.2) is 0 Å². The zero-order chi connectivity index (χ0) is 24.8. The lowest BCUT2D eigenvalue weighted by molar-refractivity contribution is -0.125. The van der Waals surface area contributed by atoms with Crippen LogP contribution in [0.5, 0.6) is 0 Å². The molecule has 0 unspecified atom stereocenters. The van der Waals surface area contributed by atoms with Crippen molar-refractivity contribution >= 4 is 52.0 Å². The van der Waals surface area contributed by atoms with Gasteiger partial charge in [-0.15, -0.1) is 11.3 Å². The number of nitrogens with zero attached hydrogens (tertiary/aromatic N) is 2. The van der Waals surface area contributed by atoms with Crippen LogP contribution >= 0.6 is 22.9 Å². The highest BCUT2D eigenvalue weighted by Gasteiger charge is 2.28. The van der Waals surface area contributed by atoms with E-state index in [0.717, 1.165) is 22.3 Å². The van der Waals surface area contributed by atoms with Crippen LogP contribution in [-0.2, 0) is 14.3 Å². The number of amides is 3. The van der Waals surface area contributed by atoms with Crippen LogP contribution in [0.3, 0.4) is 0 Å². The molecule has 3 rings (SSSR count). The van der Waals surface area contributed by atoms with Gasteiger partial charge in [-0.2, -0.15) is 0 Å². The number of rotatable bonds is 9. The fraction of sp³-hybridized carbons (Fsp3) is 0.381. The molecule has 184 valence electrons. The Balaban J connectivity index is 1.71. The van der Waals surface area contributed by atoms with E-state index in [-0.39, 0.29) is 31.3 Å². The summed E-state index contributed by atoms with van der Waals surface area (Å²) in [6.45, 7) is -0.570. The second kappa shape index (κ2) is 11.6. The van der Waals surface area contributed by atoms with Crippen molar-refractivity contribution in [2.24, 2.45) is 0 Å². The summed E-state index contributed by atoms with van der Waals surface area (Å²) in [6, 6.07) is 5.65. The smallest absolute Gasteiger partial charge is 0.261 e. The predicted molar refractivity (Wildman–Crippen MR) is 122 cm³/mol. The van der Waals surface area contributed by atoms with Crippen molar-refractivity contribution in [1.29, 1.82) is 0 Å². The summed E-state index contributed by atoms with van der Waals surface area (Å²) in [5.74, 6) is -2.44. The molecule has 2 N–H and O–H groups in total. The molecule has 0 aliphatic carbocycles. The lowest BCUT2D eigenvalue weighted by Gasteiger charge is -2.28. The van der Waals surface area contributed by atoms with Gasteiger partial charge >= 0.3 is 0 Å². The average molecular weight is 519 g/mol. The van der Waals surface area contributed by atoms with E-state index in [1.54, 1.807) is 0 Å². The van der Waals surface area contributed by atoms with Gasteiger partial charge in [-0.3, -0.25) is 19.3 Å². The van der Waals surface area contributed by atoms with Gasteiger partial charge in [0.05, 0.1) is 28.1 Å². The highest BCUT2D eigenvalue weighted by molar-refractivity contribution is 7.18. The molecule has 13 heteroatoms. The first-order chi connectivity index (χ1) is 16.2. The molecule has 1 saturated heterocycles. The van der Waals surface area contributed by atoms with Crippen molar-refractivity contribution in [2.75, 3.05) is 50.1 Å². The normalized spacial score (nSPS) is 15.0. The van der Waals surface area contributed by atoms with Crippen LogP contribution in [0.1, 0.15) is 9.67 Å². The lowest BCUT2D eigenvalue weighted by atomic mass is 10.2. The van der Waals surface area contributed by atoms with Crippen molar-refractivity contribution in [2.45, 2.75) is 12.5 Å². The number of anilines is 2. The lowest BCUT2D eigenvalue weighted by Crippen LogP contribution is -2.50. The quantitative estimate of drug-likeness (QED) is 0.533. The SMILES string of the molecule is CN(CC(F)F)[C@H](CNC(=O)c1ccc(Cl)s1)C(=O)Nc1ccc(N2CCOCC2=O)cc1F. The first-order valence-electron chi connectivity index (χ1n) is 10.2. The Labute approximate surface area is 202 Å². The van der Waals surface area contributed by atoms with Crippen molar-refractivity contribution in [3.05, 3.63) is 45.4 Å². The minimum Gasteiger partial charge on any atom is -0.370 e. The molecular formula is C21H22ClF3N4O4S. The topological polar surface area (TPSA) is 91.0 Å². The Hall–Kier alpha value is -2.67. The van der Waals surface area contributed by atoms with E-state index in [4.69, 9.17) is 16.3 Å². The molecule has 1 aromatic heterocycles. The summed E-state index contributed by atoms with van der Waals surface area (Å²) < 4.78 is 46.0. The van der Waals surface area contributed by atoms with Crippen molar-refractivity contribution in [1.82, 2.24) is 10.2 Å². The number of halogens is 4. The van der Waals surface area contributed by atoms with Crippen molar-refractivity contribution < 1.29 is 32.3 Å². The zero-order valence-electron chi connectivity index (χ0n) is 18.0. The summed E-state index contributed by atoms with van der Waals surface area (Å²) in [5.41, 5.74) is 0.110. The molecule has 0 spiro atoms. The molecule has 1 atom stereocenters. The standard InChI is InChI=1S/C21H22ClF3N4O4S/c1-28(10-18(24)25)15(9-26-21(32)16-4-5-17(22)34-16)20(31)27-14-3-2-12(8-13(14)23)29-6-7-33-11-19(29)30/h2-5,8,15,18H,6-7,9-11H2,1H3,(H,26,32)(H,27,31)/t15-/m1/s1. The number of thiophene rings is 1. The maximum Gasteiger partial charge on any atom is 0.261 e. The van der Waals surface area contributed by atoms with Crippen molar-refractivity contribution in [3.63, 3.8) is 0 Å². The third kappa shape index (κ3) is 6.69. The predicted octanol–water partition coefficient (Wildman–Crippen LogP) is 2.84. The first-order valence-corrected chi connectivity index (χ1v) is 11.4. The molecule has 1 fully saturated rings. The maximum absolute atomic E-state index is 14.7. The summed E-state index contributed by atoms with van der Waals surface area (Å²) in [6.07, 6.45) is -2.73. The van der Waals surface area contributed by atoms with Crippen LogP contribution < -0.4 is 15.5 Å². The number of alkyl halides is 2. The molecule has 0 saturated carbocycles. The van der Waals surface area contributed by atoms with Gasteiger partial charge in [-0.25, -0.2) is 13.2 Å². The second-order valence-electron chi connectivity index (χ2n) is 7.41. The minimum absolute atomic E-state index is 0.109. The Morgan fingerprint density at radius 3 is 2.68 bits per heavy atom. The average Bonchev–Trinajstić information content (AvgIpc) is 3.21. The third-order valence-electron chi connectivity index (χ3n) is 5.02. The Morgan fingerprint density at radius 1 is 1.29 bits per heavy atom. The van der Waals surface area contributed by atoms with Crippen LogP contribution in [0.15, 0.2) is 30.3 Å². The number of ether oxygens (including phenoxy) is 1. The largest absolute Gasteiger partial charge is 0.370 e. The van der Waals surface area contributed by atoms with Gasteiger partial charge in [-0.05, 0) is 37.4 Å². The summed E-state index contributed by atoms with van der Waals surface area (Å²) in [4.78, 5) is 39.8. The fourth-order valence-corrected chi connectivity index (χ4v) is 4.25. The third-order valence-corrected chi connectivity index (χ3v) is 6.25. The van der Waals surface area contributed by atoms with E-state index in [1.165, 1.54) is 36.2 Å². The van der Waals surface area contributed by atoms with Crippen LogP contribution in [0.4, 0.5) is 24.5 Å². The number of morpholine rings is 1. The Kier molecular flexibility index (Phi) is 8.89. The van der Waals surface area contributed by atoms with E-state index in [9.17, 15) is 27.6 Å². The van der Waals surface area contributed by atoms with Crippen LogP contribution in [0, 0.1) is 5.82 Å². The summed E-state index contributed by atoms with van der Waals surface area (Å²) in [5, 5.41) is 4.90. The summed E-state index contributed by atoms with van der Waals surface area (Å²) in [7, 11) is 1.30. The highest BCUT2D eigenvalue weighted by Crippen LogP contribution is 2.24. The van der Waals surface area contributed by atoms with Gasteiger partial charge in [0.1, 0.15) is 18.5 Å². The number of nitrogens with one attached hydrogen (secondary N) is 2. The Morgan fingerprint density at radius 2 is 2.06 bits per heavy atom. The molecule has 1 aliphatic heterocycles. The van der Waals surface area contributed by atoms with Crippen LogP contribution in [0.2, 0.25) is 4.34 Å². The van der Waals surface area contributed by atoms with Gasteiger partial charge in [0.2, 0.25) is 5.91 Å². The molecule has 34 heavy (non-hydrogen) atoms. The number of hydrogen-bond donors (Lipinski definition) is 2. The van der Waals surface area contributed by atoms with E-state index < -0.39 is 36.6 Å². The van der Waals surface area contributed by atoms with Gasteiger partial charge < -0.3 is 20.3 Å². The molecule has 1 aliphatic rings. The molecule has 1 aromatic carbocycles. The number of carbonyl (C=O) groups excluding carboxylic acids is 3. The number of benzene rings is 1. The first kappa shape index (κ1) is 25.9. The second-order valence-corrected chi connectivity index (χ2v) is 9.13. The van der Waals surface area contributed by atoms with Gasteiger partial charge in [0.25, 0.3) is 18.2 Å². The molecular weight excluding hydrogens is 497 g/mol. The van der Waals surface area contributed by atoms with E-state index in [1.807, 2.05) is 0 Å². The van der Waals surface area contributed by atoms with E-state index >= 15 is 0 Å². The van der Waals surface area contributed by atoms with E-state index in [0.29, 0.717) is 21.5 Å². The molecule has 2 aromatic rings. The number of carbonyl (C=O) groups is 3. The van der Waals surface area contributed by atoms with Gasteiger partial charge in [-0.1, -0.05) is 11.6 Å². The van der Waals surface area contributed by atoms with Crippen molar-refractivity contribution in [3.8, 4) is 0 Å². The minimum atomic E-state index is -2.73. The molecule has 0 radical (unpaired) electrons. The molecule has 0 bridgehead atoms. The number of likely N-dealkylation sites (N-methyl/N-ethyl adjacent to an activating group) is 1. The number of hydrogen-bond acceptors (Lipinski definition) is 6. The Bertz CT molecular complexity index is 1050. The highest BCUT2D eigenvalue weighted by atomic mass is 35.5. The molecule has 2 heterocycles. The molecule has 8 nitrogen and oxygen atoms in total. The maximum atomic E-state index is 14.7. The van der Waals surface area contributed by atoms with Crippen LogP contribution in [-0.4, -0.2) is 75.0 Å². The monoisotopic (exact) mass is 518 g/mol.